The molecule has 1 aromatic heterocycles. The highest BCUT2D eigenvalue weighted by Gasteiger charge is 2.30. The van der Waals surface area contributed by atoms with Gasteiger partial charge in [-0.25, -0.2) is 4.98 Å². The number of benzene rings is 2. The molecule has 5 nitrogen and oxygen atoms in total. The number of ether oxygens (including phenoxy) is 1. The fourth-order valence-electron chi connectivity index (χ4n) is 2.65. The van der Waals surface area contributed by atoms with Gasteiger partial charge in [0, 0.05) is 12.3 Å². The van der Waals surface area contributed by atoms with Crippen molar-refractivity contribution < 1.29 is 33.2 Å². The Bertz CT molecular complexity index is 958. The second-order valence-electron chi connectivity index (χ2n) is 6.00. The van der Waals surface area contributed by atoms with Crippen LogP contribution in [-0.2, 0) is 12.8 Å². The molecule has 1 heterocycles. The third-order valence-corrected chi connectivity index (χ3v) is 4.05. The molecule has 3 aromatic rings. The van der Waals surface area contributed by atoms with Gasteiger partial charge in [-0.1, -0.05) is 18.2 Å². The van der Waals surface area contributed by atoms with E-state index in [4.69, 9.17) is 4.74 Å². The van der Waals surface area contributed by atoms with E-state index in [9.17, 15) is 28.5 Å². The molecule has 146 valence electrons. The normalized spacial score (nSPS) is 12.6. The van der Waals surface area contributed by atoms with Crippen LogP contribution in [0.5, 0.6) is 17.4 Å². The number of aliphatic hydroxyl groups is 2. The summed E-state index contributed by atoms with van der Waals surface area (Å²) < 4.78 is 43.3. The summed E-state index contributed by atoms with van der Waals surface area (Å²) in [4.78, 5) is 3.64. The minimum atomic E-state index is -4.48. The van der Waals surface area contributed by atoms with Crippen molar-refractivity contribution in [1.29, 1.82) is 0 Å². The van der Waals surface area contributed by atoms with Crippen LogP contribution in [0, 0.1) is 0 Å². The van der Waals surface area contributed by atoms with Gasteiger partial charge in [-0.3, -0.25) is 0 Å². The van der Waals surface area contributed by atoms with Crippen LogP contribution in [0.3, 0.4) is 0 Å². The largest absolute Gasteiger partial charge is 0.508 e. The number of pyridine rings is 1. The summed E-state index contributed by atoms with van der Waals surface area (Å²) in [5.74, 6) is 0.207. The van der Waals surface area contributed by atoms with Crippen molar-refractivity contribution in [3.63, 3.8) is 0 Å². The molecule has 3 rings (SSSR count). The molecule has 0 saturated carbocycles. The molecular weight excluding hydrogens is 375 g/mol. The number of aromatic nitrogens is 1. The first-order valence-corrected chi connectivity index (χ1v) is 8.19. The van der Waals surface area contributed by atoms with E-state index >= 15 is 0 Å². The molecule has 2 aromatic carbocycles. The molecule has 3 N–H and O–H groups in total. The van der Waals surface area contributed by atoms with Crippen LogP contribution in [0.1, 0.15) is 28.4 Å². The second kappa shape index (κ2) is 7.87. The number of halogens is 3. The molecule has 1 unspecified atom stereocenters. The van der Waals surface area contributed by atoms with Crippen LogP contribution in [0.15, 0.2) is 60.8 Å². The number of phenolic OH excluding ortho intramolecular Hbond substituents is 1. The van der Waals surface area contributed by atoms with Crippen molar-refractivity contribution in [3.05, 3.63) is 83.0 Å². The van der Waals surface area contributed by atoms with E-state index < -0.39 is 17.8 Å². The van der Waals surface area contributed by atoms with Gasteiger partial charge in [-0.2, -0.15) is 13.2 Å². The fourth-order valence-corrected chi connectivity index (χ4v) is 2.65. The van der Waals surface area contributed by atoms with E-state index in [1.807, 2.05) is 0 Å². The average Bonchev–Trinajstić information content (AvgIpc) is 2.67. The maximum absolute atomic E-state index is 12.6. The topological polar surface area (TPSA) is 82.8 Å². The van der Waals surface area contributed by atoms with Gasteiger partial charge in [-0.05, 0) is 47.0 Å². The SMILES string of the molecule is OCc1cc(O)ccc1C(O)c1cccc(Oc2ccc(C(F)(F)F)cn2)c1. The predicted molar refractivity (Wildman–Crippen MR) is 93.8 cm³/mol. The number of hydrogen-bond donors (Lipinski definition) is 3. The van der Waals surface area contributed by atoms with Gasteiger partial charge >= 0.3 is 6.18 Å². The zero-order valence-electron chi connectivity index (χ0n) is 14.4. The van der Waals surface area contributed by atoms with Gasteiger partial charge < -0.3 is 20.1 Å². The van der Waals surface area contributed by atoms with Crippen LogP contribution in [0.2, 0.25) is 0 Å². The summed E-state index contributed by atoms with van der Waals surface area (Å²) in [5.41, 5.74) is 0.325. The minimum Gasteiger partial charge on any atom is -0.508 e. The van der Waals surface area contributed by atoms with Crippen LogP contribution in [-0.4, -0.2) is 20.3 Å². The zero-order chi connectivity index (χ0) is 20.3. The molecule has 0 fully saturated rings. The van der Waals surface area contributed by atoms with Crippen LogP contribution >= 0.6 is 0 Å². The van der Waals surface area contributed by atoms with Gasteiger partial charge in [0.05, 0.1) is 12.2 Å². The summed E-state index contributed by atoms with van der Waals surface area (Å²) in [7, 11) is 0. The maximum atomic E-state index is 12.6. The predicted octanol–water partition coefficient (Wildman–Crippen LogP) is 4.17. The highest BCUT2D eigenvalue weighted by atomic mass is 19.4. The Balaban J connectivity index is 1.82. The highest BCUT2D eigenvalue weighted by molar-refractivity contribution is 5.42. The Kier molecular flexibility index (Phi) is 5.53. The van der Waals surface area contributed by atoms with E-state index in [1.165, 1.54) is 24.3 Å². The quantitative estimate of drug-likeness (QED) is 0.608. The smallest absolute Gasteiger partial charge is 0.417 e. The zero-order valence-corrected chi connectivity index (χ0v) is 14.4. The van der Waals surface area contributed by atoms with Crippen molar-refractivity contribution >= 4 is 0 Å². The van der Waals surface area contributed by atoms with E-state index in [1.54, 1.807) is 18.2 Å². The molecule has 0 bridgehead atoms. The number of phenols is 1. The van der Waals surface area contributed by atoms with Gasteiger partial charge in [0.15, 0.2) is 0 Å². The lowest BCUT2D eigenvalue weighted by Crippen LogP contribution is -2.05. The Morgan fingerprint density at radius 1 is 1.04 bits per heavy atom. The first-order valence-electron chi connectivity index (χ1n) is 8.19. The van der Waals surface area contributed by atoms with Crippen molar-refractivity contribution in [2.75, 3.05) is 0 Å². The van der Waals surface area contributed by atoms with Crippen molar-refractivity contribution in [2.24, 2.45) is 0 Å². The van der Waals surface area contributed by atoms with E-state index in [0.717, 1.165) is 12.1 Å². The van der Waals surface area contributed by atoms with Crippen molar-refractivity contribution in [1.82, 2.24) is 4.98 Å². The van der Waals surface area contributed by atoms with Crippen LogP contribution in [0.25, 0.3) is 0 Å². The molecule has 0 aliphatic carbocycles. The number of aliphatic hydroxyl groups excluding tert-OH is 2. The first-order chi connectivity index (χ1) is 13.3. The number of hydrogen-bond acceptors (Lipinski definition) is 5. The summed E-state index contributed by atoms with van der Waals surface area (Å²) in [5, 5.41) is 29.6. The molecule has 0 spiro atoms. The second-order valence-corrected chi connectivity index (χ2v) is 6.00. The van der Waals surface area contributed by atoms with Gasteiger partial charge in [0.2, 0.25) is 5.88 Å². The molecule has 28 heavy (non-hydrogen) atoms. The molecule has 0 amide bonds. The van der Waals surface area contributed by atoms with Crippen molar-refractivity contribution in [2.45, 2.75) is 18.9 Å². The summed E-state index contributed by atoms with van der Waals surface area (Å²) >= 11 is 0. The number of aromatic hydroxyl groups is 1. The van der Waals surface area contributed by atoms with Gasteiger partial charge in [0.25, 0.3) is 0 Å². The average molecular weight is 391 g/mol. The third-order valence-electron chi connectivity index (χ3n) is 4.05. The fraction of sp³-hybridized carbons (Fsp3) is 0.150. The molecule has 0 saturated heterocycles. The Morgan fingerprint density at radius 3 is 2.46 bits per heavy atom. The molecule has 1 atom stereocenters. The minimum absolute atomic E-state index is 0.0275. The van der Waals surface area contributed by atoms with Gasteiger partial charge in [0.1, 0.15) is 17.6 Å². The summed E-state index contributed by atoms with van der Waals surface area (Å²) in [6.45, 7) is -0.369. The lowest BCUT2D eigenvalue weighted by Gasteiger charge is -2.16. The molecular formula is C20H16F3NO4. The molecule has 0 aliphatic heterocycles. The first kappa shape index (κ1) is 19.7. The number of nitrogens with zero attached hydrogens (tertiary/aromatic N) is 1. The number of alkyl halides is 3. The molecule has 0 radical (unpaired) electrons. The Labute approximate surface area is 158 Å². The van der Waals surface area contributed by atoms with E-state index in [2.05, 4.69) is 4.98 Å². The molecule has 0 aliphatic rings. The summed E-state index contributed by atoms with van der Waals surface area (Å²) in [6.07, 6.45) is -4.91. The lowest BCUT2D eigenvalue weighted by molar-refractivity contribution is -0.137. The van der Waals surface area contributed by atoms with Crippen molar-refractivity contribution in [3.8, 4) is 17.4 Å². The highest BCUT2D eigenvalue weighted by Crippen LogP contribution is 2.32. The van der Waals surface area contributed by atoms with Crippen LogP contribution in [0.4, 0.5) is 13.2 Å². The lowest BCUT2D eigenvalue weighted by atomic mass is 9.96. The monoisotopic (exact) mass is 391 g/mol. The van der Waals surface area contributed by atoms with E-state index in [-0.39, 0.29) is 24.0 Å². The maximum Gasteiger partial charge on any atom is 0.417 e. The third kappa shape index (κ3) is 4.41. The van der Waals surface area contributed by atoms with Crippen LogP contribution < -0.4 is 4.74 Å². The van der Waals surface area contributed by atoms with E-state index in [0.29, 0.717) is 22.9 Å². The Hall–Kier alpha value is -3.10. The number of rotatable bonds is 5. The standard InChI is InChI=1S/C20H16F3NO4/c21-20(22,23)14-4-7-18(24-10-14)28-16-3-1-2-12(9-16)19(27)17-6-5-15(26)8-13(17)11-25/h1-10,19,25-27H,11H2. The summed E-state index contributed by atoms with van der Waals surface area (Å²) in [6, 6.07) is 12.5. The van der Waals surface area contributed by atoms with Gasteiger partial charge in [-0.15, -0.1) is 0 Å². The Morgan fingerprint density at radius 2 is 1.82 bits per heavy atom. The molecule has 8 heteroatoms.